The van der Waals surface area contributed by atoms with E-state index in [0.717, 1.165) is 30.0 Å². The number of rotatable bonds is 6. The molecule has 1 heterocycles. The van der Waals surface area contributed by atoms with Crippen LogP contribution in [0, 0.1) is 0 Å². The molecule has 1 aromatic heterocycles. The van der Waals surface area contributed by atoms with Crippen LogP contribution in [0.4, 0.5) is 0 Å². The highest BCUT2D eigenvalue weighted by Gasteiger charge is 2.12. The number of halogens is 1. The molecule has 0 atom stereocenters. The number of benzene rings is 1. The fourth-order valence-electron chi connectivity index (χ4n) is 2.03. The van der Waals surface area contributed by atoms with Crippen LogP contribution in [-0.2, 0) is 0 Å². The minimum Gasteiger partial charge on any atom is -0.455 e. The van der Waals surface area contributed by atoms with Crippen molar-refractivity contribution in [2.45, 2.75) is 6.42 Å². The van der Waals surface area contributed by atoms with Gasteiger partial charge in [-0.3, -0.25) is 5.43 Å². The monoisotopic (exact) mass is 364 g/mol. The van der Waals surface area contributed by atoms with Crippen molar-refractivity contribution in [1.82, 2.24) is 15.6 Å². The molecule has 0 aliphatic rings. The van der Waals surface area contributed by atoms with Crippen LogP contribution >= 0.6 is 23.8 Å². The lowest BCUT2D eigenvalue weighted by Crippen LogP contribution is -2.30. The van der Waals surface area contributed by atoms with Gasteiger partial charge in [0.2, 0.25) is 0 Å². The summed E-state index contributed by atoms with van der Waals surface area (Å²) < 4.78 is 5.97. The van der Waals surface area contributed by atoms with Crippen molar-refractivity contribution in [1.29, 1.82) is 0 Å². The molecule has 7 heteroatoms. The fraction of sp³-hybridized carbons (Fsp3) is 0.294. The second kappa shape index (κ2) is 8.82. The Balaban J connectivity index is 2.24. The van der Waals surface area contributed by atoms with Crippen molar-refractivity contribution in [3.8, 4) is 11.3 Å². The number of furan rings is 1. The molecule has 2 N–H and O–H groups in total. The molecule has 0 bridgehead atoms. The standard InChI is InChI=1S/C17H21ClN4OS/c1-19-17(24)21-20-14(9-10-22(2)3)16-8-7-15(23-16)12-5-4-6-13(18)11-12/h4-8,11H,9-10H2,1-3H3,(H2,19,21,24)/b20-14+. The highest BCUT2D eigenvalue weighted by atomic mass is 35.5. The zero-order valence-corrected chi connectivity index (χ0v) is 15.5. The van der Waals surface area contributed by atoms with E-state index in [2.05, 4.69) is 20.7 Å². The molecule has 5 nitrogen and oxygen atoms in total. The predicted molar refractivity (Wildman–Crippen MR) is 104 cm³/mol. The van der Waals surface area contributed by atoms with E-state index in [1.807, 2.05) is 50.5 Å². The van der Waals surface area contributed by atoms with E-state index in [4.69, 9.17) is 28.2 Å². The van der Waals surface area contributed by atoms with Crippen LogP contribution in [0.15, 0.2) is 45.9 Å². The summed E-state index contributed by atoms with van der Waals surface area (Å²) in [6.07, 6.45) is 0.731. The van der Waals surface area contributed by atoms with E-state index in [1.165, 1.54) is 0 Å². The predicted octanol–water partition coefficient (Wildman–Crippen LogP) is 3.35. The molecule has 0 aliphatic carbocycles. The van der Waals surface area contributed by atoms with Crippen LogP contribution in [0.25, 0.3) is 11.3 Å². The molecule has 2 rings (SSSR count). The summed E-state index contributed by atoms with van der Waals surface area (Å²) in [6.45, 7) is 0.847. The Hall–Kier alpha value is -1.89. The second-order valence-electron chi connectivity index (χ2n) is 5.48. The zero-order valence-electron chi connectivity index (χ0n) is 14.0. The number of thiocarbonyl (C=S) groups is 1. The zero-order chi connectivity index (χ0) is 17.5. The van der Waals surface area contributed by atoms with Crippen LogP contribution in [0.1, 0.15) is 12.2 Å². The normalized spacial score (nSPS) is 11.6. The maximum Gasteiger partial charge on any atom is 0.186 e. The summed E-state index contributed by atoms with van der Waals surface area (Å²) in [5.41, 5.74) is 4.55. The second-order valence-corrected chi connectivity index (χ2v) is 6.32. The van der Waals surface area contributed by atoms with Crippen molar-refractivity contribution in [3.05, 3.63) is 47.2 Å². The Labute approximate surface area is 152 Å². The number of hydrogen-bond acceptors (Lipinski definition) is 4. The largest absolute Gasteiger partial charge is 0.455 e. The third-order valence-electron chi connectivity index (χ3n) is 3.31. The van der Waals surface area contributed by atoms with Gasteiger partial charge in [-0.2, -0.15) is 5.10 Å². The molecule has 0 saturated heterocycles. The van der Waals surface area contributed by atoms with Gasteiger partial charge in [-0.05, 0) is 50.6 Å². The SMILES string of the molecule is CNC(=S)N/N=C(\CCN(C)C)c1ccc(-c2cccc(Cl)c2)o1. The van der Waals surface area contributed by atoms with Gasteiger partial charge in [-0.25, -0.2) is 0 Å². The maximum atomic E-state index is 6.05. The topological polar surface area (TPSA) is 52.8 Å². The third kappa shape index (κ3) is 5.33. The molecule has 0 radical (unpaired) electrons. The molecule has 0 fully saturated rings. The summed E-state index contributed by atoms with van der Waals surface area (Å²) in [4.78, 5) is 2.09. The van der Waals surface area contributed by atoms with Crippen molar-refractivity contribution < 1.29 is 4.42 Å². The first-order valence-electron chi connectivity index (χ1n) is 7.54. The van der Waals surface area contributed by atoms with Crippen molar-refractivity contribution in [2.75, 3.05) is 27.7 Å². The molecule has 0 unspecified atom stereocenters. The minimum absolute atomic E-state index is 0.457. The van der Waals surface area contributed by atoms with Gasteiger partial charge in [-0.15, -0.1) is 0 Å². The lowest BCUT2D eigenvalue weighted by atomic mass is 10.2. The molecule has 1 aromatic carbocycles. The molecule has 24 heavy (non-hydrogen) atoms. The Morgan fingerprint density at radius 3 is 2.75 bits per heavy atom. The summed E-state index contributed by atoms with van der Waals surface area (Å²) in [5, 5.41) is 8.34. The number of hydrazone groups is 1. The molecule has 0 amide bonds. The average Bonchev–Trinajstić information content (AvgIpc) is 3.04. The summed E-state index contributed by atoms with van der Waals surface area (Å²) in [5.74, 6) is 1.46. The lowest BCUT2D eigenvalue weighted by Gasteiger charge is -2.10. The maximum absolute atomic E-state index is 6.05. The van der Waals surface area contributed by atoms with Crippen molar-refractivity contribution >= 4 is 34.6 Å². The highest BCUT2D eigenvalue weighted by molar-refractivity contribution is 7.80. The number of hydrogen-bond donors (Lipinski definition) is 2. The van der Waals surface area contributed by atoms with Crippen LogP contribution < -0.4 is 10.7 Å². The van der Waals surface area contributed by atoms with Gasteiger partial charge in [-0.1, -0.05) is 23.7 Å². The smallest absolute Gasteiger partial charge is 0.186 e. The van der Waals surface area contributed by atoms with Gasteiger partial charge in [0.15, 0.2) is 10.9 Å². The van der Waals surface area contributed by atoms with Crippen molar-refractivity contribution in [2.24, 2.45) is 5.10 Å². The molecule has 0 saturated carbocycles. The molecule has 2 aromatic rings. The van der Waals surface area contributed by atoms with Gasteiger partial charge < -0.3 is 14.6 Å². The van der Waals surface area contributed by atoms with Crippen LogP contribution in [0.3, 0.4) is 0 Å². The first-order chi connectivity index (χ1) is 11.5. The van der Waals surface area contributed by atoms with E-state index >= 15 is 0 Å². The van der Waals surface area contributed by atoms with Gasteiger partial charge in [0.25, 0.3) is 0 Å². The first kappa shape index (κ1) is 18.4. The number of nitrogens with zero attached hydrogens (tertiary/aromatic N) is 2. The average molecular weight is 365 g/mol. The molecular weight excluding hydrogens is 344 g/mol. The van der Waals surface area contributed by atoms with Gasteiger partial charge in [0.1, 0.15) is 11.5 Å². The fourth-order valence-corrected chi connectivity index (χ4v) is 2.26. The first-order valence-corrected chi connectivity index (χ1v) is 8.33. The van der Waals surface area contributed by atoms with E-state index < -0.39 is 0 Å². The molecular formula is C17H21ClN4OS. The third-order valence-corrected chi connectivity index (χ3v) is 3.85. The minimum atomic E-state index is 0.457. The molecule has 0 spiro atoms. The Bertz CT molecular complexity index is 727. The van der Waals surface area contributed by atoms with E-state index in [-0.39, 0.29) is 0 Å². The van der Waals surface area contributed by atoms with Crippen LogP contribution in [0.5, 0.6) is 0 Å². The Morgan fingerprint density at radius 2 is 2.08 bits per heavy atom. The Morgan fingerprint density at radius 1 is 1.29 bits per heavy atom. The highest BCUT2D eigenvalue weighted by Crippen LogP contribution is 2.25. The van der Waals surface area contributed by atoms with Gasteiger partial charge in [0.05, 0.1) is 0 Å². The van der Waals surface area contributed by atoms with E-state index in [9.17, 15) is 0 Å². The van der Waals surface area contributed by atoms with Crippen molar-refractivity contribution in [3.63, 3.8) is 0 Å². The molecule has 0 aliphatic heterocycles. The van der Waals surface area contributed by atoms with Crippen LogP contribution in [-0.4, -0.2) is 43.4 Å². The summed E-state index contributed by atoms with van der Waals surface area (Å²) in [7, 11) is 5.78. The van der Waals surface area contributed by atoms with Gasteiger partial charge in [0, 0.05) is 30.6 Å². The van der Waals surface area contributed by atoms with E-state index in [1.54, 1.807) is 7.05 Å². The quantitative estimate of drug-likeness (QED) is 0.467. The molecule has 128 valence electrons. The lowest BCUT2D eigenvalue weighted by molar-refractivity contribution is 0.420. The van der Waals surface area contributed by atoms with Gasteiger partial charge >= 0.3 is 0 Å². The summed E-state index contributed by atoms with van der Waals surface area (Å²) in [6, 6.07) is 11.4. The Kier molecular flexibility index (Phi) is 6.78. The number of nitrogens with one attached hydrogen (secondary N) is 2. The summed E-state index contributed by atoms with van der Waals surface area (Å²) >= 11 is 11.1. The van der Waals surface area contributed by atoms with E-state index in [0.29, 0.717) is 15.9 Å². The van der Waals surface area contributed by atoms with Crippen LogP contribution in [0.2, 0.25) is 5.02 Å².